The third kappa shape index (κ3) is 3.70. The van der Waals surface area contributed by atoms with Gasteiger partial charge in [0.15, 0.2) is 0 Å². The standard InChI is InChI=1S/C14H14BClO3S/c1-19-13-7-6-10(8-11(13)15(17)18)9-20-14-5-3-2-4-12(14)16/h2-8,17-18H,9H2,1H3. The fraction of sp³-hybridized carbons (Fsp3) is 0.143. The van der Waals surface area contributed by atoms with Crippen LogP contribution in [0.5, 0.6) is 5.75 Å². The molecule has 0 aliphatic rings. The molecule has 0 saturated carbocycles. The number of rotatable bonds is 5. The minimum Gasteiger partial charge on any atom is -0.497 e. The van der Waals surface area contributed by atoms with Crippen molar-refractivity contribution < 1.29 is 14.8 Å². The molecule has 0 saturated heterocycles. The number of ether oxygens (including phenoxy) is 1. The maximum atomic E-state index is 9.34. The van der Waals surface area contributed by atoms with Crippen molar-refractivity contribution in [3.63, 3.8) is 0 Å². The number of methoxy groups -OCH3 is 1. The van der Waals surface area contributed by atoms with Crippen LogP contribution in [-0.4, -0.2) is 24.3 Å². The number of thioether (sulfide) groups is 1. The molecule has 0 atom stereocenters. The van der Waals surface area contributed by atoms with Gasteiger partial charge in [0.1, 0.15) is 5.75 Å². The van der Waals surface area contributed by atoms with Gasteiger partial charge in [-0.05, 0) is 23.8 Å². The minimum absolute atomic E-state index is 0.366. The molecule has 6 heteroatoms. The molecule has 2 rings (SSSR count). The average molecular weight is 309 g/mol. The Labute approximate surface area is 127 Å². The van der Waals surface area contributed by atoms with E-state index in [1.807, 2.05) is 30.3 Å². The monoisotopic (exact) mass is 308 g/mol. The average Bonchev–Trinajstić information content (AvgIpc) is 2.46. The van der Waals surface area contributed by atoms with Crippen LogP contribution in [0.4, 0.5) is 0 Å². The van der Waals surface area contributed by atoms with Gasteiger partial charge in [0.05, 0.1) is 12.1 Å². The van der Waals surface area contributed by atoms with E-state index in [1.165, 1.54) is 7.11 Å². The second-order valence-electron chi connectivity index (χ2n) is 4.17. The van der Waals surface area contributed by atoms with Gasteiger partial charge in [0.2, 0.25) is 0 Å². The number of halogens is 1. The number of hydrogen-bond donors (Lipinski definition) is 2. The molecule has 2 aromatic carbocycles. The smallest absolute Gasteiger partial charge is 0.492 e. The topological polar surface area (TPSA) is 49.7 Å². The molecule has 0 fully saturated rings. The molecular formula is C14H14BClO3S. The van der Waals surface area contributed by atoms with Crippen LogP contribution in [0.2, 0.25) is 5.02 Å². The summed E-state index contributed by atoms with van der Waals surface area (Å²) in [5, 5.41) is 19.4. The van der Waals surface area contributed by atoms with Gasteiger partial charge >= 0.3 is 7.12 Å². The first kappa shape index (κ1) is 15.3. The van der Waals surface area contributed by atoms with Crippen LogP contribution >= 0.6 is 23.4 Å². The molecule has 20 heavy (non-hydrogen) atoms. The number of benzene rings is 2. The number of hydrogen-bond acceptors (Lipinski definition) is 4. The zero-order valence-corrected chi connectivity index (χ0v) is 12.5. The highest BCUT2D eigenvalue weighted by molar-refractivity contribution is 7.98. The molecular weight excluding hydrogens is 294 g/mol. The van der Waals surface area contributed by atoms with Gasteiger partial charge in [-0.25, -0.2) is 0 Å². The molecule has 104 valence electrons. The third-order valence-electron chi connectivity index (χ3n) is 2.80. The molecule has 3 nitrogen and oxygen atoms in total. The second kappa shape index (κ2) is 7.04. The van der Waals surface area contributed by atoms with E-state index in [0.29, 0.717) is 22.0 Å². The van der Waals surface area contributed by atoms with Crippen LogP contribution < -0.4 is 10.2 Å². The van der Waals surface area contributed by atoms with Crippen LogP contribution in [0.1, 0.15) is 5.56 Å². The predicted octanol–water partition coefficient (Wildman–Crippen LogP) is 2.32. The summed E-state index contributed by atoms with van der Waals surface area (Å²) in [7, 11) is -0.0467. The van der Waals surface area contributed by atoms with Crippen molar-refractivity contribution in [2.24, 2.45) is 0 Å². The van der Waals surface area contributed by atoms with Gasteiger partial charge in [-0.3, -0.25) is 0 Å². The normalized spacial score (nSPS) is 10.4. The highest BCUT2D eigenvalue weighted by Gasteiger charge is 2.17. The lowest BCUT2D eigenvalue weighted by atomic mass is 9.79. The van der Waals surface area contributed by atoms with Crippen LogP contribution in [0.25, 0.3) is 0 Å². The fourth-order valence-corrected chi connectivity index (χ4v) is 2.98. The van der Waals surface area contributed by atoms with Gasteiger partial charge in [0, 0.05) is 16.1 Å². The lowest BCUT2D eigenvalue weighted by Gasteiger charge is -2.10. The SMILES string of the molecule is COc1ccc(CSc2ccccc2Cl)cc1B(O)O. The Hall–Kier alpha value is -1.14. The summed E-state index contributed by atoms with van der Waals surface area (Å²) in [6.07, 6.45) is 0. The Bertz CT molecular complexity index is 592. The molecule has 0 unspecified atom stereocenters. The largest absolute Gasteiger partial charge is 0.497 e. The van der Waals surface area contributed by atoms with Crippen molar-refractivity contribution in [2.45, 2.75) is 10.6 Å². The molecule has 0 heterocycles. The van der Waals surface area contributed by atoms with Crippen molar-refractivity contribution in [1.82, 2.24) is 0 Å². The summed E-state index contributed by atoms with van der Waals surface area (Å²) < 4.78 is 5.10. The van der Waals surface area contributed by atoms with Crippen LogP contribution in [-0.2, 0) is 5.75 Å². The van der Waals surface area contributed by atoms with Crippen LogP contribution in [0, 0.1) is 0 Å². The summed E-state index contributed by atoms with van der Waals surface area (Å²) in [6, 6.07) is 13.0. The molecule has 0 aliphatic carbocycles. The van der Waals surface area contributed by atoms with Crippen LogP contribution in [0.15, 0.2) is 47.4 Å². The Morgan fingerprint density at radius 1 is 1.20 bits per heavy atom. The first-order valence-electron chi connectivity index (χ1n) is 6.02. The van der Waals surface area contributed by atoms with Crippen molar-refractivity contribution in [3.05, 3.63) is 53.1 Å². The Balaban J connectivity index is 2.14. The van der Waals surface area contributed by atoms with Gasteiger partial charge in [-0.1, -0.05) is 35.9 Å². The lowest BCUT2D eigenvalue weighted by Crippen LogP contribution is -2.31. The van der Waals surface area contributed by atoms with E-state index in [2.05, 4.69) is 0 Å². The van der Waals surface area contributed by atoms with E-state index in [0.717, 1.165) is 10.5 Å². The highest BCUT2D eigenvalue weighted by Crippen LogP contribution is 2.29. The molecule has 0 aromatic heterocycles. The molecule has 2 aromatic rings. The predicted molar refractivity (Wildman–Crippen MR) is 83.8 cm³/mol. The Morgan fingerprint density at radius 2 is 1.95 bits per heavy atom. The van der Waals surface area contributed by atoms with Gasteiger partial charge < -0.3 is 14.8 Å². The third-order valence-corrected chi connectivity index (χ3v) is 4.39. The maximum Gasteiger partial charge on any atom is 0.492 e. The summed E-state index contributed by atoms with van der Waals surface area (Å²) >= 11 is 7.70. The van der Waals surface area contributed by atoms with Crippen molar-refractivity contribution >= 4 is 35.9 Å². The van der Waals surface area contributed by atoms with Crippen molar-refractivity contribution in [3.8, 4) is 5.75 Å². The van der Waals surface area contributed by atoms with Gasteiger partial charge in [-0.15, -0.1) is 11.8 Å². The zero-order chi connectivity index (χ0) is 14.5. The lowest BCUT2D eigenvalue weighted by molar-refractivity contribution is 0.403. The summed E-state index contributed by atoms with van der Waals surface area (Å²) in [6.45, 7) is 0. The first-order valence-corrected chi connectivity index (χ1v) is 7.38. The molecule has 0 radical (unpaired) electrons. The van der Waals surface area contributed by atoms with E-state index in [1.54, 1.807) is 23.9 Å². The summed E-state index contributed by atoms with van der Waals surface area (Å²) in [5.74, 6) is 1.15. The van der Waals surface area contributed by atoms with Crippen molar-refractivity contribution in [1.29, 1.82) is 0 Å². The summed E-state index contributed by atoms with van der Waals surface area (Å²) in [5.41, 5.74) is 1.34. The Morgan fingerprint density at radius 3 is 2.60 bits per heavy atom. The quantitative estimate of drug-likeness (QED) is 0.657. The second-order valence-corrected chi connectivity index (χ2v) is 5.59. The van der Waals surface area contributed by atoms with Crippen LogP contribution in [0.3, 0.4) is 0 Å². The van der Waals surface area contributed by atoms with E-state index in [9.17, 15) is 10.0 Å². The van der Waals surface area contributed by atoms with E-state index in [-0.39, 0.29) is 0 Å². The van der Waals surface area contributed by atoms with Crippen molar-refractivity contribution in [2.75, 3.05) is 7.11 Å². The fourth-order valence-electron chi connectivity index (χ4n) is 1.80. The highest BCUT2D eigenvalue weighted by atomic mass is 35.5. The molecule has 2 N–H and O–H groups in total. The van der Waals surface area contributed by atoms with E-state index >= 15 is 0 Å². The molecule has 0 aliphatic heterocycles. The molecule has 0 bridgehead atoms. The Kier molecular flexibility index (Phi) is 5.37. The van der Waals surface area contributed by atoms with E-state index < -0.39 is 7.12 Å². The minimum atomic E-state index is -1.55. The van der Waals surface area contributed by atoms with E-state index in [4.69, 9.17) is 16.3 Å². The van der Waals surface area contributed by atoms with Gasteiger partial charge in [0.25, 0.3) is 0 Å². The molecule has 0 spiro atoms. The summed E-state index contributed by atoms with van der Waals surface area (Å²) in [4.78, 5) is 0.996. The first-order chi connectivity index (χ1) is 9.61. The molecule has 0 amide bonds. The van der Waals surface area contributed by atoms with Gasteiger partial charge in [-0.2, -0.15) is 0 Å². The zero-order valence-electron chi connectivity index (χ0n) is 10.9. The maximum absolute atomic E-state index is 9.34.